The zero-order chi connectivity index (χ0) is 12.1. The molecular weight excluding hydrogens is 210 g/mol. The maximum atomic E-state index is 5.92. The second-order valence-corrected chi connectivity index (χ2v) is 4.95. The quantitative estimate of drug-likeness (QED) is 0.781. The van der Waals surface area contributed by atoms with Gasteiger partial charge in [-0.05, 0) is 56.8 Å². The Bertz CT molecular complexity index is 347. The first-order valence-corrected chi connectivity index (χ1v) is 6.77. The Kier molecular flexibility index (Phi) is 4.43. The van der Waals surface area contributed by atoms with Crippen molar-refractivity contribution in [1.82, 2.24) is 5.32 Å². The number of hydrogen-bond donors (Lipinski definition) is 1. The van der Waals surface area contributed by atoms with E-state index in [1.807, 2.05) is 6.07 Å². The van der Waals surface area contributed by atoms with E-state index in [2.05, 4.69) is 37.4 Å². The number of nitrogens with one attached hydrogen (secondary N) is 1. The molecule has 1 N–H and O–H groups in total. The van der Waals surface area contributed by atoms with E-state index in [0.717, 1.165) is 31.2 Å². The summed E-state index contributed by atoms with van der Waals surface area (Å²) >= 11 is 0. The number of rotatable bonds is 7. The van der Waals surface area contributed by atoms with E-state index in [4.69, 9.17) is 4.74 Å². The minimum Gasteiger partial charge on any atom is -0.491 e. The third-order valence-electron chi connectivity index (χ3n) is 3.21. The Morgan fingerprint density at radius 1 is 1.41 bits per heavy atom. The summed E-state index contributed by atoms with van der Waals surface area (Å²) < 4.78 is 5.92. The van der Waals surface area contributed by atoms with Gasteiger partial charge in [-0.3, -0.25) is 0 Å². The molecule has 0 spiro atoms. The summed E-state index contributed by atoms with van der Waals surface area (Å²) in [6.45, 7) is 5.38. The topological polar surface area (TPSA) is 21.3 Å². The molecule has 17 heavy (non-hydrogen) atoms. The minimum atomic E-state index is 0.286. The van der Waals surface area contributed by atoms with Gasteiger partial charge in [-0.2, -0.15) is 0 Å². The summed E-state index contributed by atoms with van der Waals surface area (Å²) in [6, 6.07) is 9.20. The van der Waals surface area contributed by atoms with Gasteiger partial charge < -0.3 is 10.1 Å². The Morgan fingerprint density at radius 3 is 2.94 bits per heavy atom. The first kappa shape index (κ1) is 12.4. The molecule has 1 fully saturated rings. The number of hydrogen-bond acceptors (Lipinski definition) is 2. The van der Waals surface area contributed by atoms with Crippen LogP contribution in [0.15, 0.2) is 24.3 Å². The van der Waals surface area contributed by atoms with E-state index in [-0.39, 0.29) is 6.10 Å². The van der Waals surface area contributed by atoms with Gasteiger partial charge in [0, 0.05) is 6.04 Å². The summed E-state index contributed by atoms with van der Waals surface area (Å²) in [5.74, 6) is 1.00. The molecule has 2 rings (SSSR count). The van der Waals surface area contributed by atoms with Crippen LogP contribution in [0.3, 0.4) is 0 Å². The zero-order valence-electron chi connectivity index (χ0n) is 10.9. The van der Waals surface area contributed by atoms with Gasteiger partial charge in [0.15, 0.2) is 0 Å². The van der Waals surface area contributed by atoms with Crippen LogP contribution in [-0.4, -0.2) is 18.7 Å². The van der Waals surface area contributed by atoms with Gasteiger partial charge in [0.1, 0.15) is 5.75 Å². The van der Waals surface area contributed by atoms with E-state index >= 15 is 0 Å². The van der Waals surface area contributed by atoms with Crippen molar-refractivity contribution in [1.29, 1.82) is 0 Å². The molecule has 0 saturated heterocycles. The zero-order valence-corrected chi connectivity index (χ0v) is 10.9. The lowest BCUT2D eigenvalue weighted by Gasteiger charge is -2.15. The Balaban J connectivity index is 1.73. The lowest BCUT2D eigenvalue weighted by molar-refractivity contribution is 0.209. The number of ether oxygens (including phenoxy) is 1. The van der Waals surface area contributed by atoms with Crippen molar-refractivity contribution in [3.8, 4) is 5.75 Å². The lowest BCUT2D eigenvalue weighted by atomic mass is 10.1. The molecule has 1 aliphatic rings. The molecule has 1 atom stereocenters. The van der Waals surface area contributed by atoms with E-state index in [1.54, 1.807) is 0 Å². The molecule has 0 aliphatic heterocycles. The molecular formula is C15H23NO. The van der Waals surface area contributed by atoms with Gasteiger partial charge >= 0.3 is 0 Å². The van der Waals surface area contributed by atoms with Crippen molar-refractivity contribution in [3.05, 3.63) is 29.8 Å². The fraction of sp³-hybridized carbons (Fsp3) is 0.600. The SMILES string of the molecule is CCc1cccc(OC(C)CCNC2CC2)c1. The average Bonchev–Trinajstić information content (AvgIpc) is 3.13. The van der Waals surface area contributed by atoms with Gasteiger partial charge in [0.05, 0.1) is 6.10 Å². The second kappa shape index (κ2) is 6.06. The molecule has 0 heterocycles. The maximum Gasteiger partial charge on any atom is 0.119 e. The van der Waals surface area contributed by atoms with E-state index in [1.165, 1.54) is 18.4 Å². The summed E-state index contributed by atoms with van der Waals surface area (Å²) in [5.41, 5.74) is 1.34. The summed E-state index contributed by atoms with van der Waals surface area (Å²) in [5, 5.41) is 3.52. The van der Waals surface area contributed by atoms with Crippen LogP contribution in [0.4, 0.5) is 0 Å². The standard InChI is InChI=1S/C15H23NO/c1-3-13-5-4-6-15(11-13)17-12(2)9-10-16-14-7-8-14/h4-6,11-12,14,16H,3,7-10H2,1-2H3. The van der Waals surface area contributed by atoms with Crippen LogP contribution < -0.4 is 10.1 Å². The van der Waals surface area contributed by atoms with Crippen LogP contribution in [0.1, 0.15) is 38.7 Å². The minimum absolute atomic E-state index is 0.286. The third kappa shape index (κ3) is 4.39. The first-order valence-electron chi connectivity index (χ1n) is 6.77. The number of benzene rings is 1. The predicted octanol–water partition coefficient (Wildman–Crippen LogP) is 3.16. The normalized spacial score (nSPS) is 16.8. The smallest absolute Gasteiger partial charge is 0.119 e. The lowest BCUT2D eigenvalue weighted by Crippen LogP contribution is -2.23. The molecule has 2 nitrogen and oxygen atoms in total. The van der Waals surface area contributed by atoms with Crippen LogP contribution in [0.5, 0.6) is 5.75 Å². The van der Waals surface area contributed by atoms with E-state index < -0.39 is 0 Å². The molecule has 0 amide bonds. The highest BCUT2D eigenvalue weighted by Crippen LogP contribution is 2.19. The van der Waals surface area contributed by atoms with Gasteiger partial charge in [-0.1, -0.05) is 19.1 Å². The van der Waals surface area contributed by atoms with Crippen molar-refractivity contribution in [2.75, 3.05) is 6.54 Å². The molecule has 1 aromatic carbocycles. The largest absolute Gasteiger partial charge is 0.491 e. The fourth-order valence-corrected chi connectivity index (χ4v) is 1.91. The van der Waals surface area contributed by atoms with Crippen LogP contribution in [0, 0.1) is 0 Å². The second-order valence-electron chi connectivity index (χ2n) is 4.95. The van der Waals surface area contributed by atoms with E-state index in [0.29, 0.717) is 0 Å². The van der Waals surface area contributed by atoms with E-state index in [9.17, 15) is 0 Å². The molecule has 1 aromatic rings. The molecule has 2 heteroatoms. The molecule has 0 radical (unpaired) electrons. The highest BCUT2D eigenvalue weighted by molar-refractivity contribution is 5.28. The monoisotopic (exact) mass is 233 g/mol. The van der Waals surface area contributed by atoms with Gasteiger partial charge in [0.2, 0.25) is 0 Å². The van der Waals surface area contributed by atoms with Crippen LogP contribution in [-0.2, 0) is 6.42 Å². The maximum absolute atomic E-state index is 5.92. The van der Waals surface area contributed by atoms with Crippen molar-refractivity contribution in [2.24, 2.45) is 0 Å². The molecule has 1 unspecified atom stereocenters. The van der Waals surface area contributed by atoms with Crippen LogP contribution >= 0.6 is 0 Å². The molecule has 0 bridgehead atoms. The molecule has 1 aliphatic carbocycles. The Hall–Kier alpha value is -1.02. The van der Waals surface area contributed by atoms with Crippen LogP contribution in [0.25, 0.3) is 0 Å². The Labute approximate surface area is 104 Å². The molecule has 1 saturated carbocycles. The summed E-state index contributed by atoms with van der Waals surface area (Å²) in [6.07, 6.45) is 5.14. The molecule has 0 aromatic heterocycles. The summed E-state index contributed by atoms with van der Waals surface area (Å²) in [4.78, 5) is 0. The van der Waals surface area contributed by atoms with Crippen molar-refractivity contribution in [2.45, 2.75) is 51.7 Å². The highest BCUT2D eigenvalue weighted by atomic mass is 16.5. The van der Waals surface area contributed by atoms with Crippen molar-refractivity contribution >= 4 is 0 Å². The van der Waals surface area contributed by atoms with Gasteiger partial charge in [0.25, 0.3) is 0 Å². The number of aryl methyl sites for hydroxylation is 1. The van der Waals surface area contributed by atoms with Gasteiger partial charge in [-0.15, -0.1) is 0 Å². The first-order chi connectivity index (χ1) is 8.28. The average molecular weight is 233 g/mol. The van der Waals surface area contributed by atoms with Crippen molar-refractivity contribution < 1.29 is 4.74 Å². The van der Waals surface area contributed by atoms with Crippen molar-refractivity contribution in [3.63, 3.8) is 0 Å². The predicted molar refractivity (Wildman–Crippen MR) is 71.6 cm³/mol. The van der Waals surface area contributed by atoms with Crippen LogP contribution in [0.2, 0.25) is 0 Å². The Morgan fingerprint density at radius 2 is 2.24 bits per heavy atom. The molecule has 94 valence electrons. The highest BCUT2D eigenvalue weighted by Gasteiger charge is 2.20. The fourth-order valence-electron chi connectivity index (χ4n) is 1.91. The third-order valence-corrected chi connectivity index (χ3v) is 3.21. The summed E-state index contributed by atoms with van der Waals surface area (Å²) in [7, 11) is 0. The van der Waals surface area contributed by atoms with Gasteiger partial charge in [-0.25, -0.2) is 0 Å².